The fraction of sp³-hybridized carbons (Fsp3) is 0.433. The van der Waals surface area contributed by atoms with E-state index in [0.29, 0.717) is 44.8 Å². The summed E-state index contributed by atoms with van der Waals surface area (Å²) in [5, 5.41) is 13.1. The molecule has 202 valence electrons. The molecule has 3 aromatic rings. The molecule has 4 aliphatic heterocycles. The quantitative estimate of drug-likeness (QED) is 0.530. The lowest BCUT2D eigenvalue weighted by molar-refractivity contribution is -0.118. The van der Waals surface area contributed by atoms with Gasteiger partial charge in [0.2, 0.25) is 5.91 Å². The Morgan fingerprint density at radius 2 is 1.67 bits per heavy atom. The van der Waals surface area contributed by atoms with Gasteiger partial charge in [0.25, 0.3) is 5.91 Å². The zero-order chi connectivity index (χ0) is 26.5. The van der Waals surface area contributed by atoms with Gasteiger partial charge >= 0.3 is 0 Å². The van der Waals surface area contributed by atoms with Crippen LogP contribution in [-0.2, 0) is 30.7 Å². The Morgan fingerprint density at radius 1 is 0.949 bits per heavy atom. The second-order valence-electron chi connectivity index (χ2n) is 11.0. The number of fused-ring (bicyclic) bond motifs is 3. The van der Waals surface area contributed by atoms with E-state index in [4.69, 9.17) is 0 Å². The summed E-state index contributed by atoms with van der Waals surface area (Å²) in [4.78, 5) is 37.3. The Hall–Kier alpha value is -3.53. The predicted octanol–water partition coefficient (Wildman–Crippen LogP) is 2.20. The molecule has 1 saturated heterocycles. The van der Waals surface area contributed by atoms with E-state index in [9.17, 15) is 14.7 Å². The molecule has 9 nitrogen and oxygen atoms in total. The summed E-state index contributed by atoms with van der Waals surface area (Å²) in [6.07, 6.45) is 4.48. The van der Waals surface area contributed by atoms with Gasteiger partial charge in [0.15, 0.2) is 0 Å². The molecule has 4 aliphatic rings. The first-order valence-electron chi connectivity index (χ1n) is 14.1. The number of nitrogens with one attached hydrogen (secondary N) is 1. The van der Waals surface area contributed by atoms with Gasteiger partial charge in [-0.15, -0.1) is 0 Å². The van der Waals surface area contributed by atoms with Gasteiger partial charge in [0.05, 0.1) is 12.6 Å². The molecule has 9 heteroatoms. The Labute approximate surface area is 228 Å². The first kappa shape index (κ1) is 24.5. The molecule has 2 N–H and O–H groups in total. The molecule has 7 rings (SSSR count). The van der Waals surface area contributed by atoms with Crippen molar-refractivity contribution in [2.24, 2.45) is 0 Å². The minimum atomic E-state index is -0.267. The number of hydrogen-bond donors (Lipinski definition) is 2. The number of benzene rings is 2. The average molecular weight is 527 g/mol. The van der Waals surface area contributed by atoms with Crippen molar-refractivity contribution in [2.75, 3.05) is 49.1 Å². The number of likely N-dealkylation sites (tertiary alicyclic amines) is 1. The first-order valence-corrected chi connectivity index (χ1v) is 14.1. The van der Waals surface area contributed by atoms with E-state index in [1.165, 1.54) is 11.1 Å². The van der Waals surface area contributed by atoms with Crippen molar-refractivity contribution in [3.05, 3.63) is 65.2 Å². The van der Waals surface area contributed by atoms with Crippen LogP contribution >= 0.6 is 0 Å². The maximum atomic E-state index is 13.5. The van der Waals surface area contributed by atoms with Crippen LogP contribution in [0, 0.1) is 0 Å². The van der Waals surface area contributed by atoms with Gasteiger partial charge in [-0.2, -0.15) is 0 Å². The van der Waals surface area contributed by atoms with Crippen LogP contribution in [0.15, 0.2) is 42.6 Å². The van der Waals surface area contributed by atoms with E-state index in [2.05, 4.69) is 38.0 Å². The van der Waals surface area contributed by atoms with Crippen LogP contribution in [0.5, 0.6) is 0 Å². The van der Waals surface area contributed by atoms with Gasteiger partial charge in [-0.1, -0.05) is 24.3 Å². The molecule has 1 unspecified atom stereocenters. The third-order valence-electron chi connectivity index (χ3n) is 8.67. The minimum Gasteiger partial charge on any atom is -0.392 e. The van der Waals surface area contributed by atoms with Gasteiger partial charge in [-0.25, -0.2) is 4.98 Å². The maximum Gasteiger partial charge on any atom is 0.278 e. The fourth-order valence-electron chi connectivity index (χ4n) is 6.68. The number of β-amino-alcohol motifs (C(OH)–C–C–N with tert-alkyl or cyclic N) is 1. The molecule has 1 aromatic heterocycles. The number of anilines is 2. The van der Waals surface area contributed by atoms with Gasteiger partial charge in [-0.3, -0.25) is 9.59 Å². The normalized spacial score (nSPS) is 20.3. The molecule has 2 aromatic carbocycles. The number of nitrogens with zero attached hydrogens (tertiary/aromatic N) is 5. The van der Waals surface area contributed by atoms with Crippen molar-refractivity contribution in [1.82, 2.24) is 19.8 Å². The Bertz CT molecular complexity index is 1420. The molecular formula is C30H34N6O3. The average Bonchev–Trinajstić information content (AvgIpc) is 3.75. The molecule has 0 saturated carbocycles. The lowest BCUT2D eigenvalue weighted by Gasteiger charge is -2.21. The smallest absolute Gasteiger partial charge is 0.278 e. The van der Waals surface area contributed by atoms with E-state index in [-0.39, 0.29) is 17.9 Å². The van der Waals surface area contributed by atoms with E-state index in [0.717, 1.165) is 67.2 Å². The molecule has 0 spiro atoms. The highest BCUT2D eigenvalue weighted by molar-refractivity contribution is 6.07. The fourth-order valence-corrected chi connectivity index (χ4v) is 6.68. The molecule has 1 fully saturated rings. The zero-order valence-electron chi connectivity index (χ0n) is 22.1. The molecule has 39 heavy (non-hydrogen) atoms. The lowest BCUT2D eigenvalue weighted by Crippen LogP contribution is -2.33. The molecule has 2 amide bonds. The number of amides is 2. The largest absolute Gasteiger partial charge is 0.392 e. The van der Waals surface area contributed by atoms with Crippen LogP contribution in [0.3, 0.4) is 0 Å². The number of carbonyl (C=O) groups is 2. The standard InChI is InChI=1S/C30H34N6O3/c37-20-7-12-33(18-20)13-10-29(38)35-14-8-23-21(3-1-5-26(23)35)22-4-2-6-27-24(22)9-15-36(27)30(39)25-19-34-16-11-31-17-28(34)32-25/h1-6,19-20,31,37H,7-18H2. The van der Waals surface area contributed by atoms with Crippen LogP contribution in [-0.4, -0.2) is 76.7 Å². The van der Waals surface area contributed by atoms with Gasteiger partial charge in [-0.05, 0) is 53.6 Å². The molecule has 0 bridgehead atoms. The molecule has 0 radical (unpaired) electrons. The summed E-state index contributed by atoms with van der Waals surface area (Å²) in [7, 11) is 0. The van der Waals surface area contributed by atoms with Crippen molar-refractivity contribution in [2.45, 2.75) is 44.9 Å². The summed E-state index contributed by atoms with van der Waals surface area (Å²) < 4.78 is 2.08. The third kappa shape index (κ3) is 4.34. The SMILES string of the molecule is O=C(CCN1CCC(O)C1)N1CCc2c(-c3cccc4c3CCN4C(=O)c3cn4c(n3)CNCC4)cccc21. The molecule has 1 atom stereocenters. The van der Waals surface area contributed by atoms with E-state index in [1.54, 1.807) is 0 Å². The molecule has 0 aliphatic carbocycles. The highest BCUT2D eigenvalue weighted by Crippen LogP contribution is 2.42. The van der Waals surface area contributed by atoms with E-state index in [1.807, 2.05) is 34.2 Å². The lowest BCUT2D eigenvalue weighted by atomic mass is 9.93. The van der Waals surface area contributed by atoms with Crippen LogP contribution in [0.1, 0.15) is 40.3 Å². The van der Waals surface area contributed by atoms with Crippen LogP contribution in [0.25, 0.3) is 11.1 Å². The summed E-state index contributed by atoms with van der Waals surface area (Å²) in [6.45, 7) is 5.93. The maximum absolute atomic E-state index is 13.5. The highest BCUT2D eigenvalue weighted by atomic mass is 16.3. The van der Waals surface area contributed by atoms with Crippen molar-refractivity contribution in [3.63, 3.8) is 0 Å². The van der Waals surface area contributed by atoms with Crippen molar-refractivity contribution < 1.29 is 14.7 Å². The predicted molar refractivity (Wildman–Crippen MR) is 149 cm³/mol. The van der Waals surface area contributed by atoms with Crippen molar-refractivity contribution in [3.8, 4) is 11.1 Å². The summed E-state index contributed by atoms with van der Waals surface area (Å²) in [5.74, 6) is 1.00. The summed E-state index contributed by atoms with van der Waals surface area (Å²) in [6, 6.07) is 12.5. The van der Waals surface area contributed by atoms with Gasteiger partial charge in [0.1, 0.15) is 11.5 Å². The van der Waals surface area contributed by atoms with Crippen LogP contribution in [0.2, 0.25) is 0 Å². The number of aliphatic hydroxyl groups excluding tert-OH is 1. The number of imidazole rings is 1. The van der Waals surface area contributed by atoms with Gasteiger partial charge < -0.3 is 29.7 Å². The van der Waals surface area contributed by atoms with Crippen LogP contribution in [0.4, 0.5) is 11.4 Å². The Kier molecular flexibility index (Phi) is 6.22. The summed E-state index contributed by atoms with van der Waals surface area (Å²) >= 11 is 0. The molecular weight excluding hydrogens is 492 g/mol. The van der Waals surface area contributed by atoms with Crippen LogP contribution < -0.4 is 15.1 Å². The van der Waals surface area contributed by atoms with Crippen molar-refractivity contribution in [1.29, 1.82) is 0 Å². The number of hydrogen-bond acceptors (Lipinski definition) is 6. The number of carbonyl (C=O) groups excluding carboxylic acids is 2. The zero-order valence-corrected chi connectivity index (χ0v) is 22.1. The van der Waals surface area contributed by atoms with Gasteiger partial charge in [0, 0.05) is 69.8 Å². The summed E-state index contributed by atoms with van der Waals surface area (Å²) in [5.41, 5.74) is 7.15. The van der Waals surface area contributed by atoms with E-state index < -0.39 is 0 Å². The topological polar surface area (TPSA) is 93.9 Å². The minimum absolute atomic E-state index is 0.0478. The Morgan fingerprint density at radius 3 is 2.36 bits per heavy atom. The second kappa shape index (κ2) is 9.89. The first-order chi connectivity index (χ1) is 19.1. The number of aliphatic hydroxyl groups is 1. The van der Waals surface area contributed by atoms with E-state index >= 15 is 0 Å². The number of rotatable bonds is 5. The third-order valence-corrected chi connectivity index (χ3v) is 8.67. The monoisotopic (exact) mass is 526 g/mol. The molecule has 5 heterocycles. The second-order valence-corrected chi connectivity index (χ2v) is 11.0. The number of aromatic nitrogens is 2. The Balaban J connectivity index is 1.13. The highest BCUT2D eigenvalue weighted by Gasteiger charge is 2.32. The van der Waals surface area contributed by atoms with Crippen molar-refractivity contribution >= 4 is 23.2 Å².